The Morgan fingerprint density at radius 2 is 1.25 bits per heavy atom. The molecule has 0 aromatic rings. The normalized spacial score (nSPS) is 40.6. The number of hydrogen-bond acceptors (Lipinski definition) is 3. The van der Waals surface area contributed by atoms with E-state index in [2.05, 4.69) is 13.8 Å². The fraction of sp³-hybridized carbons (Fsp3) is 1.00. The Hall–Kier alpha value is -0.120. The molecule has 0 aromatic heterocycles. The Kier molecular flexibility index (Phi) is 7.00. The van der Waals surface area contributed by atoms with Gasteiger partial charge in [-0.1, -0.05) is 39.0 Å². The van der Waals surface area contributed by atoms with Crippen LogP contribution in [0.15, 0.2) is 0 Å². The van der Waals surface area contributed by atoms with E-state index in [1.807, 2.05) is 0 Å². The molecule has 5 unspecified atom stereocenters. The van der Waals surface area contributed by atoms with Gasteiger partial charge in [0.1, 0.15) is 0 Å². The lowest BCUT2D eigenvalue weighted by atomic mass is 9.57. The average Bonchev–Trinajstić information content (AvgIpc) is 2.61. The van der Waals surface area contributed by atoms with Crippen LogP contribution in [0.2, 0.25) is 0 Å². The van der Waals surface area contributed by atoms with Gasteiger partial charge in [0.05, 0.1) is 24.9 Å². The fourth-order valence-electron chi connectivity index (χ4n) is 5.97. The average molecular weight is 339 g/mol. The maximum absolute atomic E-state index is 10.2. The minimum atomic E-state index is -0.288. The fourth-order valence-corrected chi connectivity index (χ4v) is 5.97. The minimum Gasteiger partial charge on any atom is -0.391 e. The molecule has 3 rings (SSSR count). The molecule has 0 amide bonds. The SMILES string of the molecule is CCCC(O)COC1C2CCCCC2C(OCC)C2CCCCC21. The predicted octanol–water partition coefficient (Wildman–Crippen LogP) is 4.56. The molecule has 140 valence electrons. The summed E-state index contributed by atoms with van der Waals surface area (Å²) in [5, 5.41) is 10.2. The van der Waals surface area contributed by atoms with Crippen LogP contribution in [0, 0.1) is 23.7 Å². The molecule has 3 fully saturated rings. The molecule has 1 N–H and O–H groups in total. The van der Waals surface area contributed by atoms with E-state index in [-0.39, 0.29) is 6.10 Å². The van der Waals surface area contributed by atoms with Crippen molar-refractivity contribution < 1.29 is 14.6 Å². The van der Waals surface area contributed by atoms with E-state index < -0.39 is 0 Å². The first-order chi connectivity index (χ1) is 11.8. The van der Waals surface area contributed by atoms with Crippen molar-refractivity contribution >= 4 is 0 Å². The quantitative estimate of drug-likeness (QED) is 0.739. The molecule has 0 bridgehead atoms. The molecule has 24 heavy (non-hydrogen) atoms. The van der Waals surface area contributed by atoms with Crippen LogP contribution in [0.4, 0.5) is 0 Å². The van der Waals surface area contributed by atoms with Gasteiger partial charge in [0.2, 0.25) is 0 Å². The smallest absolute Gasteiger partial charge is 0.0773 e. The first-order valence-corrected chi connectivity index (χ1v) is 10.7. The van der Waals surface area contributed by atoms with Crippen LogP contribution < -0.4 is 0 Å². The van der Waals surface area contributed by atoms with Crippen LogP contribution in [0.25, 0.3) is 0 Å². The summed E-state index contributed by atoms with van der Waals surface area (Å²) in [6.07, 6.45) is 13.0. The van der Waals surface area contributed by atoms with Crippen molar-refractivity contribution in [1.82, 2.24) is 0 Å². The van der Waals surface area contributed by atoms with Crippen molar-refractivity contribution in [3.05, 3.63) is 0 Å². The van der Waals surface area contributed by atoms with E-state index in [0.717, 1.165) is 19.4 Å². The van der Waals surface area contributed by atoms with Gasteiger partial charge in [-0.15, -0.1) is 0 Å². The molecule has 0 spiro atoms. The molecule has 3 saturated carbocycles. The molecule has 5 atom stereocenters. The van der Waals surface area contributed by atoms with Gasteiger partial charge in [-0.05, 0) is 62.7 Å². The zero-order valence-electron chi connectivity index (χ0n) is 15.8. The molecule has 0 radical (unpaired) electrons. The second-order valence-corrected chi connectivity index (χ2v) is 8.38. The molecule has 0 heterocycles. The highest BCUT2D eigenvalue weighted by molar-refractivity contribution is 5.01. The Bertz CT molecular complexity index is 348. The van der Waals surface area contributed by atoms with Crippen molar-refractivity contribution in [2.45, 2.75) is 96.4 Å². The van der Waals surface area contributed by atoms with Gasteiger partial charge in [-0.25, -0.2) is 0 Å². The highest BCUT2D eigenvalue weighted by atomic mass is 16.5. The molecule has 0 aliphatic heterocycles. The maximum Gasteiger partial charge on any atom is 0.0773 e. The molecule has 0 aromatic carbocycles. The Morgan fingerprint density at radius 3 is 1.67 bits per heavy atom. The van der Waals surface area contributed by atoms with E-state index >= 15 is 0 Å². The topological polar surface area (TPSA) is 38.7 Å². The summed E-state index contributed by atoms with van der Waals surface area (Å²) < 4.78 is 12.8. The second kappa shape index (κ2) is 9.00. The van der Waals surface area contributed by atoms with Crippen LogP contribution in [0.3, 0.4) is 0 Å². The van der Waals surface area contributed by atoms with Crippen molar-refractivity contribution in [3.8, 4) is 0 Å². The molecule has 3 heteroatoms. The lowest BCUT2D eigenvalue weighted by Gasteiger charge is -2.54. The second-order valence-electron chi connectivity index (χ2n) is 8.38. The number of fused-ring (bicyclic) bond motifs is 2. The van der Waals surface area contributed by atoms with Crippen molar-refractivity contribution in [3.63, 3.8) is 0 Å². The van der Waals surface area contributed by atoms with Crippen molar-refractivity contribution in [2.75, 3.05) is 13.2 Å². The van der Waals surface area contributed by atoms with Gasteiger partial charge in [-0.3, -0.25) is 0 Å². The molecule has 3 aliphatic rings. The summed E-state index contributed by atoms with van der Waals surface area (Å²) in [7, 11) is 0. The van der Waals surface area contributed by atoms with Crippen molar-refractivity contribution in [1.29, 1.82) is 0 Å². The van der Waals surface area contributed by atoms with Gasteiger partial charge in [0, 0.05) is 6.61 Å². The number of aliphatic hydroxyl groups is 1. The van der Waals surface area contributed by atoms with Crippen LogP contribution in [0.5, 0.6) is 0 Å². The van der Waals surface area contributed by atoms with E-state index in [1.165, 1.54) is 51.4 Å². The Balaban J connectivity index is 1.75. The minimum absolute atomic E-state index is 0.288. The van der Waals surface area contributed by atoms with Crippen molar-refractivity contribution in [2.24, 2.45) is 23.7 Å². The number of rotatable bonds is 7. The predicted molar refractivity (Wildman–Crippen MR) is 97.0 cm³/mol. The standard InChI is InChI=1S/C21H38O3/c1-3-9-15(22)14-24-21-18-12-7-5-10-16(18)20(23-4-2)17-11-6-8-13-19(17)21/h15-22H,3-14H2,1-2H3. The molecule has 3 nitrogen and oxygen atoms in total. The molecular formula is C21H38O3. The zero-order valence-corrected chi connectivity index (χ0v) is 15.8. The lowest BCUT2D eigenvalue weighted by molar-refractivity contribution is -0.186. The number of aliphatic hydroxyl groups excluding tert-OH is 1. The molecular weight excluding hydrogens is 300 g/mol. The van der Waals surface area contributed by atoms with Crippen LogP contribution in [0.1, 0.15) is 78.1 Å². The van der Waals surface area contributed by atoms with Gasteiger partial charge in [0.25, 0.3) is 0 Å². The summed E-state index contributed by atoms with van der Waals surface area (Å²) in [5.41, 5.74) is 0. The van der Waals surface area contributed by atoms with Gasteiger partial charge < -0.3 is 14.6 Å². The summed E-state index contributed by atoms with van der Waals surface area (Å²) in [6.45, 7) is 5.66. The third-order valence-electron chi connectivity index (χ3n) is 6.90. The summed E-state index contributed by atoms with van der Waals surface area (Å²) in [4.78, 5) is 0. The zero-order chi connectivity index (χ0) is 16.9. The summed E-state index contributed by atoms with van der Waals surface area (Å²) in [5.74, 6) is 2.68. The Morgan fingerprint density at radius 1 is 0.792 bits per heavy atom. The van der Waals surface area contributed by atoms with Gasteiger partial charge in [-0.2, -0.15) is 0 Å². The third kappa shape index (κ3) is 3.99. The first kappa shape index (κ1) is 18.7. The Labute approximate surface area is 148 Å². The van der Waals surface area contributed by atoms with E-state index in [0.29, 0.717) is 42.5 Å². The highest BCUT2D eigenvalue weighted by Crippen LogP contribution is 2.52. The highest BCUT2D eigenvalue weighted by Gasteiger charge is 2.52. The van der Waals surface area contributed by atoms with Crippen LogP contribution >= 0.6 is 0 Å². The monoisotopic (exact) mass is 338 g/mol. The molecule has 0 saturated heterocycles. The van der Waals surface area contributed by atoms with Gasteiger partial charge >= 0.3 is 0 Å². The largest absolute Gasteiger partial charge is 0.391 e. The lowest BCUT2D eigenvalue weighted by Crippen LogP contribution is -2.56. The summed E-state index contributed by atoms with van der Waals surface area (Å²) in [6, 6.07) is 0. The molecule has 3 aliphatic carbocycles. The maximum atomic E-state index is 10.2. The summed E-state index contributed by atoms with van der Waals surface area (Å²) >= 11 is 0. The number of ether oxygens (including phenoxy) is 2. The van der Waals surface area contributed by atoms with Gasteiger partial charge in [0.15, 0.2) is 0 Å². The first-order valence-electron chi connectivity index (χ1n) is 10.7. The van der Waals surface area contributed by atoms with Crippen LogP contribution in [-0.2, 0) is 9.47 Å². The number of hydrogen-bond donors (Lipinski definition) is 1. The van der Waals surface area contributed by atoms with Crippen LogP contribution in [-0.4, -0.2) is 36.6 Å². The third-order valence-corrected chi connectivity index (χ3v) is 6.90. The van der Waals surface area contributed by atoms with E-state index in [4.69, 9.17) is 9.47 Å². The van der Waals surface area contributed by atoms with E-state index in [1.54, 1.807) is 0 Å². The van der Waals surface area contributed by atoms with E-state index in [9.17, 15) is 5.11 Å².